The summed E-state index contributed by atoms with van der Waals surface area (Å²) in [6.45, 7) is 24.6. The van der Waals surface area contributed by atoms with Crippen LogP contribution in [-0.4, -0.2) is 40.3 Å². The maximum atomic E-state index is 14.1. The van der Waals surface area contributed by atoms with Gasteiger partial charge < -0.3 is 14.4 Å². The van der Waals surface area contributed by atoms with Crippen molar-refractivity contribution in [3.63, 3.8) is 0 Å². The molecule has 2 atom stereocenters. The summed E-state index contributed by atoms with van der Waals surface area (Å²) in [5.41, 5.74) is 6.05. The number of esters is 1. The average Bonchev–Trinajstić information content (AvgIpc) is 3.73. The molecule has 2 aliphatic rings. The zero-order chi connectivity index (χ0) is 37.2. The lowest BCUT2D eigenvalue weighted by molar-refractivity contribution is -0.0249. The minimum Gasteiger partial charge on any atom is -0.496 e. The number of nitrogens with zero attached hydrogens (tertiary/aromatic N) is 5. The molecule has 1 aliphatic heterocycles. The molecule has 3 heterocycles. The molecular formula is C44H53N5O3. The Labute approximate surface area is 309 Å². The molecule has 2 aromatic carbocycles. The molecule has 1 fully saturated rings. The van der Waals surface area contributed by atoms with E-state index in [2.05, 4.69) is 81.6 Å². The van der Waals surface area contributed by atoms with E-state index in [9.17, 15) is 4.79 Å². The fraction of sp³-hybridized carbons (Fsp3) is 0.455. The third kappa shape index (κ3) is 6.98. The van der Waals surface area contributed by atoms with E-state index < -0.39 is 5.97 Å². The molecule has 0 N–H and O–H groups in total. The highest BCUT2D eigenvalue weighted by atomic mass is 16.5. The summed E-state index contributed by atoms with van der Waals surface area (Å²) in [4.78, 5) is 25.4. The van der Waals surface area contributed by atoms with Gasteiger partial charge in [0.25, 0.3) is 0 Å². The van der Waals surface area contributed by atoms with Gasteiger partial charge in [-0.1, -0.05) is 103 Å². The molecule has 8 nitrogen and oxygen atoms in total. The normalized spacial score (nSPS) is 22.3. The van der Waals surface area contributed by atoms with E-state index >= 15 is 0 Å². The number of aromatic nitrogens is 3. The van der Waals surface area contributed by atoms with Crippen molar-refractivity contribution in [2.24, 2.45) is 17.8 Å². The average molecular weight is 700 g/mol. The van der Waals surface area contributed by atoms with Gasteiger partial charge in [0.2, 0.25) is 5.69 Å². The van der Waals surface area contributed by atoms with Crippen molar-refractivity contribution in [1.82, 2.24) is 14.6 Å². The number of benzene rings is 2. The number of hydrogen-bond acceptors (Lipinski definition) is 6. The van der Waals surface area contributed by atoms with Gasteiger partial charge in [-0.3, -0.25) is 0 Å². The van der Waals surface area contributed by atoms with Crippen molar-refractivity contribution in [3.05, 3.63) is 99.8 Å². The number of methoxy groups -OCH3 is 1. The van der Waals surface area contributed by atoms with Crippen LogP contribution in [-0.2, 0) is 10.2 Å². The van der Waals surface area contributed by atoms with Crippen LogP contribution in [0.4, 0.5) is 11.4 Å². The van der Waals surface area contributed by atoms with E-state index in [-0.39, 0.29) is 34.6 Å². The third-order valence-electron chi connectivity index (χ3n) is 11.0. The Balaban J connectivity index is 1.44. The van der Waals surface area contributed by atoms with Crippen LogP contribution in [0.5, 0.6) is 5.75 Å². The van der Waals surface area contributed by atoms with Crippen LogP contribution in [0.15, 0.2) is 66.4 Å². The van der Waals surface area contributed by atoms with Gasteiger partial charge in [-0.15, -0.1) is 5.10 Å². The van der Waals surface area contributed by atoms with Gasteiger partial charge in [0, 0.05) is 23.3 Å². The molecule has 52 heavy (non-hydrogen) atoms. The summed E-state index contributed by atoms with van der Waals surface area (Å²) in [6.07, 6.45) is 14.5. The zero-order valence-corrected chi connectivity index (χ0v) is 32.1. The fourth-order valence-corrected chi connectivity index (χ4v) is 8.52. The smallest absolute Gasteiger partial charge is 0.331 e. The number of ether oxygens (including phenoxy) is 2. The monoisotopic (exact) mass is 699 g/mol. The molecule has 0 spiro atoms. The maximum Gasteiger partial charge on any atom is 0.331 e. The molecule has 0 radical (unpaired) electrons. The van der Waals surface area contributed by atoms with E-state index in [1.807, 2.05) is 43.4 Å². The number of hydrogen-bond donors (Lipinski definition) is 0. The topological polar surface area (TPSA) is 73.3 Å². The summed E-state index contributed by atoms with van der Waals surface area (Å²) < 4.78 is 13.5. The quantitative estimate of drug-likeness (QED) is 0.0882. The van der Waals surface area contributed by atoms with Gasteiger partial charge in [-0.05, 0) is 79.9 Å². The van der Waals surface area contributed by atoms with Gasteiger partial charge in [0.05, 0.1) is 24.6 Å². The highest BCUT2D eigenvalue weighted by molar-refractivity contribution is 6.03. The second-order valence-corrected chi connectivity index (χ2v) is 15.5. The van der Waals surface area contributed by atoms with E-state index in [1.165, 1.54) is 36.2 Å². The molecule has 1 aliphatic carbocycles. The molecule has 1 saturated carbocycles. The summed E-state index contributed by atoms with van der Waals surface area (Å²) >= 11 is 0. The first-order chi connectivity index (χ1) is 25.0. The minimum atomic E-state index is -0.528. The molecule has 2 aromatic heterocycles. The highest BCUT2D eigenvalue weighted by Gasteiger charge is 2.39. The SMILES string of the molecule is [C-]#[N+]c1c(C(=O)OC2C(C)CC(C)CC2C)c2nc(-c3cc(C)ccc3OC)nn2/c1=C/C=C/C=C1\N(CCCCCC)c2ccccc2C1(C)C. The first-order valence-corrected chi connectivity index (χ1v) is 18.9. The van der Waals surface area contributed by atoms with Crippen molar-refractivity contribution in [3.8, 4) is 17.1 Å². The van der Waals surface area contributed by atoms with Gasteiger partial charge in [-0.2, -0.15) is 0 Å². The second-order valence-electron chi connectivity index (χ2n) is 15.5. The number of fused-ring (bicyclic) bond motifs is 2. The third-order valence-corrected chi connectivity index (χ3v) is 11.0. The highest BCUT2D eigenvalue weighted by Crippen LogP contribution is 2.47. The Kier molecular flexibility index (Phi) is 10.9. The second kappa shape index (κ2) is 15.4. The molecule has 0 bridgehead atoms. The largest absolute Gasteiger partial charge is 0.496 e. The van der Waals surface area contributed by atoms with Gasteiger partial charge in [0.15, 0.2) is 11.5 Å². The van der Waals surface area contributed by atoms with Crippen molar-refractivity contribution in [1.29, 1.82) is 0 Å². The lowest BCUT2D eigenvalue weighted by Crippen LogP contribution is -2.37. The van der Waals surface area contributed by atoms with Gasteiger partial charge >= 0.3 is 5.97 Å². The summed E-state index contributed by atoms with van der Waals surface area (Å²) in [5, 5.41) is 5.37. The standard InChI is InChI=1S/C44H53N5O3/c1-10-11-12-17-24-48-34-19-14-13-18-33(34)44(6,7)37(48)21-16-15-20-35-39(45-8)38(43(50)52-40-30(4)25-29(3)26-31(40)5)42-46-41(47-49(35)42)32-27-28(2)22-23-36(32)51-9/h13-16,18-23,27,29-31,40H,10-12,17,24-26H2,1-7,9H3/b16-15+,35-20+,37-21-. The number of aryl methyl sites for hydroxylation is 1. The molecule has 8 heteroatoms. The number of carbonyl (C=O) groups is 1. The number of allylic oxidation sites excluding steroid dienone is 4. The van der Waals surface area contributed by atoms with Crippen molar-refractivity contribution in [2.45, 2.75) is 98.5 Å². The summed E-state index contributed by atoms with van der Waals surface area (Å²) in [6, 6.07) is 14.5. The maximum absolute atomic E-state index is 14.1. The van der Waals surface area contributed by atoms with Crippen molar-refractivity contribution >= 4 is 29.1 Å². The molecular weight excluding hydrogens is 647 g/mol. The van der Waals surface area contributed by atoms with Crippen LogP contribution < -0.4 is 15.0 Å². The molecule has 4 aromatic rings. The van der Waals surface area contributed by atoms with Crippen LogP contribution in [0, 0.1) is 31.2 Å². The molecule has 6 rings (SSSR count). The molecule has 2 unspecified atom stereocenters. The number of rotatable bonds is 11. The predicted molar refractivity (Wildman–Crippen MR) is 210 cm³/mol. The number of carbonyl (C=O) groups excluding carboxylic acids is 1. The number of para-hydroxylation sites is 1. The predicted octanol–water partition coefficient (Wildman–Crippen LogP) is 9.81. The van der Waals surface area contributed by atoms with E-state index in [4.69, 9.17) is 26.1 Å². The Morgan fingerprint density at radius 3 is 2.48 bits per heavy atom. The van der Waals surface area contributed by atoms with Crippen molar-refractivity contribution in [2.75, 3.05) is 18.6 Å². The molecule has 0 saturated heterocycles. The Hall–Kier alpha value is -4.90. The zero-order valence-electron chi connectivity index (χ0n) is 32.1. The molecule has 272 valence electrons. The molecule has 0 amide bonds. The van der Waals surface area contributed by atoms with Gasteiger partial charge in [-0.25, -0.2) is 19.1 Å². The van der Waals surface area contributed by atoms with Gasteiger partial charge in [0.1, 0.15) is 17.4 Å². The Bertz CT molecular complexity index is 2090. The fourth-order valence-electron chi connectivity index (χ4n) is 8.52. The van der Waals surface area contributed by atoms with Crippen molar-refractivity contribution < 1.29 is 14.3 Å². The first-order valence-electron chi connectivity index (χ1n) is 18.9. The Morgan fingerprint density at radius 1 is 1.04 bits per heavy atom. The summed E-state index contributed by atoms with van der Waals surface area (Å²) in [5.74, 6) is 1.53. The first kappa shape index (κ1) is 36.9. The van der Waals surface area contributed by atoms with Crippen LogP contribution in [0.3, 0.4) is 0 Å². The Morgan fingerprint density at radius 2 is 1.77 bits per heavy atom. The van der Waals surface area contributed by atoms with Crippen LogP contribution >= 0.6 is 0 Å². The van der Waals surface area contributed by atoms with Crippen LogP contribution in [0.1, 0.15) is 102 Å². The van der Waals surface area contributed by atoms with E-state index in [1.54, 1.807) is 11.6 Å². The lowest BCUT2D eigenvalue weighted by Gasteiger charge is -2.37. The summed E-state index contributed by atoms with van der Waals surface area (Å²) in [7, 11) is 1.62. The number of anilines is 1. The van der Waals surface area contributed by atoms with E-state index in [0.717, 1.165) is 31.4 Å². The van der Waals surface area contributed by atoms with Crippen LogP contribution in [0.25, 0.3) is 28.0 Å². The van der Waals surface area contributed by atoms with Crippen LogP contribution in [0.2, 0.25) is 0 Å². The number of unbranched alkanes of at least 4 members (excludes halogenated alkanes) is 3. The minimum absolute atomic E-state index is 0.155. The lowest BCUT2D eigenvalue weighted by atomic mass is 9.75. The van der Waals surface area contributed by atoms with E-state index in [0.29, 0.717) is 34.1 Å².